The van der Waals surface area contributed by atoms with E-state index in [0.29, 0.717) is 36.5 Å². The third-order valence-corrected chi connectivity index (χ3v) is 5.14. The average Bonchev–Trinajstić information content (AvgIpc) is 3.28. The molecule has 2 aliphatic heterocycles. The van der Waals surface area contributed by atoms with Crippen LogP contribution in [0.3, 0.4) is 0 Å². The predicted octanol–water partition coefficient (Wildman–Crippen LogP) is 1.55. The van der Waals surface area contributed by atoms with Crippen molar-refractivity contribution < 1.29 is 9.53 Å². The molecule has 1 N–H and O–H groups in total. The first-order chi connectivity index (χ1) is 13.7. The lowest BCUT2D eigenvalue weighted by Gasteiger charge is -2.28. The summed E-state index contributed by atoms with van der Waals surface area (Å²) in [6.07, 6.45) is 2.30. The van der Waals surface area contributed by atoms with Crippen LogP contribution in [-0.2, 0) is 11.3 Å². The number of carbonyl (C=O) groups is 1. The predicted molar refractivity (Wildman–Crippen MR) is 107 cm³/mol. The van der Waals surface area contributed by atoms with Crippen molar-refractivity contribution in [1.82, 2.24) is 20.3 Å². The maximum Gasteiger partial charge on any atom is 0.251 e. The zero-order chi connectivity index (χ0) is 19.3. The van der Waals surface area contributed by atoms with Crippen LogP contribution in [0, 0.1) is 6.92 Å². The van der Waals surface area contributed by atoms with Gasteiger partial charge in [0, 0.05) is 31.7 Å². The molecule has 4 rings (SSSR count). The number of anilines is 2. The molecule has 148 valence electrons. The van der Waals surface area contributed by atoms with E-state index in [2.05, 4.69) is 25.1 Å². The number of benzene rings is 1. The van der Waals surface area contributed by atoms with Crippen molar-refractivity contribution in [3.63, 3.8) is 0 Å². The molecule has 0 aliphatic carbocycles. The molecule has 28 heavy (non-hydrogen) atoms. The fourth-order valence-electron chi connectivity index (χ4n) is 3.52. The van der Waals surface area contributed by atoms with E-state index >= 15 is 0 Å². The van der Waals surface area contributed by atoms with Crippen LogP contribution in [0.25, 0.3) is 0 Å². The summed E-state index contributed by atoms with van der Waals surface area (Å²) in [5.41, 5.74) is 1.62. The second-order valence-electron chi connectivity index (χ2n) is 7.14. The summed E-state index contributed by atoms with van der Waals surface area (Å²) >= 11 is 0. The quantitative estimate of drug-likeness (QED) is 0.840. The first kappa shape index (κ1) is 18.6. The van der Waals surface area contributed by atoms with Gasteiger partial charge in [0.05, 0.1) is 19.8 Å². The van der Waals surface area contributed by atoms with Crippen LogP contribution < -0.4 is 15.1 Å². The number of amides is 1. The molecule has 0 saturated carbocycles. The van der Waals surface area contributed by atoms with Crippen LogP contribution in [0.5, 0.6) is 0 Å². The molecule has 3 heterocycles. The molecular formula is C20H26N6O2. The Labute approximate surface area is 164 Å². The molecule has 2 aliphatic rings. The van der Waals surface area contributed by atoms with E-state index in [1.54, 1.807) is 0 Å². The monoisotopic (exact) mass is 382 g/mol. The van der Waals surface area contributed by atoms with Crippen molar-refractivity contribution in [1.29, 1.82) is 0 Å². The molecule has 1 amide bonds. The zero-order valence-electron chi connectivity index (χ0n) is 16.2. The number of ether oxygens (including phenoxy) is 1. The molecule has 0 radical (unpaired) electrons. The van der Waals surface area contributed by atoms with Gasteiger partial charge in [-0.25, -0.2) is 0 Å². The van der Waals surface area contributed by atoms with Crippen molar-refractivity contribution >= 4 is 17.8 Å². The van der Waals surface area contributed by atoms with E-state index in [0.717, 1.165) is 44.6 Å². The Hall–Kier alpha value is -2.74. The highest BCUT2D eigenvalue weighted by molar-refractivity contribution is 5.95. The lowest BCUT2D eigenvalue weighted by atomic mass is 10.1. The van der Waals surface area contributed by atoms with Gasteiger partial charge in [0.1, 0.15) is 0 Å². The Morgan fingerprint density at radius 2 is 1.64 bits per heavy atom. The highest BCUT2D eigenvalue weighted by Gasteiger charge is 2.21. The molecule has 2 aromatic rings. The van der Waals surface area contributed by atoms with Crippen molar-refractivity contribution in [3.05, 3.63) is 41.2 Å². The van der Waals surface area contributed by atoms with Crippen LogP contribution >= 0.6 is 0 Å². The maximum atomic E-state index is 12.5. The SMILES string of the molecule is Cc1ccccc1C(=O)NCc1nc(N2CCCC2)nc(N2CCOCC2)n1. The van der Waals surface area contributed by atoms with E-state index in [-0.39, 0.29) is 12.5 Å². The molecule has 2 fully saturated rings. The minimum atomic E-state index is -0.117. The third-order valence-electron chi connectivity index (χ3n) is 5.14. The number of nitrogens with one attached hydrogen (secondary N) is 1. The summed E-state index contributed by atoms with van der Waals surface area (Å²) in [6, 6.07) is 7.55. The summed E-state index contributed by atoms with van der Waals surface area (Å²) in [7, 11) is 0. The minimum Gasteiger partial charge on any atom is -0.378 e. The van der Waals surface area contributed by atoms with E-state index < -0.39 is 0 Å². The first-order valence-corrected chi connectivity index (χ1v) is 9.87. The molecule has 1 aromatic carbocycles. The molecule has 0 atom stereocenters. The van der Waals surface area contributed by atoms with Gasteiger partial charge in [0.2, 0.25) is 11.9 Å². The topological polar surface area (TPSA) is 83.5 Å². The van der Waals surface area contributed by atoms with E-state index in [1.807, 2.05) is 31.2 Å². The molecule has 8 heteroatoms. The summed E-state index contributed by atoms with van der Waals surface area (Å²) in [6.45, 7) is 6.99. The van der Waals surface area contributed by atoms with Gasteiger partial charge < -0.3 is 19.9 Å². The highest BCUT2D eigenvalue weighted by atomic mass is 16.5. The number of nitrogens with zero attached hydrogens (tertiary/aromatic N) is 5. The van der Waals surface area contributed by atoms with Crippen molar-refractivity contribution in [2.45, 2.75) is 26.3 Å². The normalized spacial score (nSPS) is 17.0. The van der Waals surface area contributed by atoms with Crippen molar-refractivity contribution in [3.8, 4) is 0 Å². The Bertz CT molecular complexity index is 831. The second kappa shape index (κ2) is 8.52. The number of morpholine rings is 1. The summed E-state index contributed by atoms with van der Waals surface area (Å²) in [5, 5.41) is 2.95. The summed E-state index contributed by atoms with van der Waals surface area (Å²) in [4.78, 5) is 30.8. The maximum absolute atomic E-state index is 12.5. The lowest BCUT2D eigenvalue weighted by molar-refractivity contribution is 0.0949. The van der Waals surface area contributed by atoms with Crippen LogP contribution in [-0.4, -0.2) is 60.3 Å². The molecule has 2 saturated heterocycles. The zero-order valence-corrected chi connectivity index (χ0v) is 16.2. The Kier molecular flexibility index (Phi) is 5.66. The van der Waals surface area contributed by atoms with Crippen molar-refractivity contribution in [2.75, 3.05) is 49.2 Å². The van der Waals surface area contributed by atoms with Gasteiger partial charge in [-0.15, -0.1) is 0 Å². The van der Waals surface area contributed by atoms with E-state index in [4.69, 9.17) is 9.72 Å². The largest absolute Gasteiger partial charge is 0.378 e. The van der Waals surface area contributed by atoms with Gasteiger partial charge in [-0.1, -0.05) is 18.2 Å². The number of carbonyl (C=O) groups excluding carboxylic acids is 1. The Balaban J connectivity index is 1.54. The Morgan fingerprint density at radius 3 is 2.32 bits per heavy atom. The number of rotatable bonds is 5. The van der Waals surface area contributed by atoms with Crippen LogP contribution in [0.2, 0.25) is 0 Å². The Morgan fingerprint density at radius 1 is 1.00 bits per heavy atom. The number of aromatic nitrogens is 3. The smallest absolute Gasteiger partial charge is 0.251 e. The fourth-order valence-corrected chi connectivity index (χ4v) is 3.52. The minimum absolute atomic E-state index is 0.117. The molecule has 0 spiro atoms. The van der Waals surface area contributed by atoms with Gasteiger partial charge in [-0.2, -0.15) is 15.0 Å². The fraction of sp³-hybridized carbons (Fsp3) is 0.500. The summed E-state index contributed by atoms with van der Waals surface area (Å²) < 4.78 is 5.44. The van der Waals surface area contributed by atoms with Crippen LogP contribution in [0.4, 0.5) is 11.9 Å². The van der Waals surface area contributed by atoms with Crippen molar-refractivity contribution in [2.24, 2.45) is 0 Å². The van der Waals surface area contributed by atoms with Gasteiger partial charge in [-0.05, 0) is 31.4 Å². The molecule has 0 unspecified atom stereocenters. The molecule has 0 bridgehead atoms. The number of hydrogen-bond donors (Lipinski definition) is 1. The van der Waals surface area contributed by atoms with Crippen LogP contribution in [0.1, 0.15) is 34.6 Å². The highest BCUT2D eigenvalue weighted by Crippen LogP contribution is 2.19. The average molecular weight is 382 g/mol. The second-order valence-corrected chi connectivity index (χ2v) is 7.14. The van der Waals surface area contributed by atoms with E-state index in [9.17, 15) is 4.79 Å². The lowest BCUT2D eigenvalue weighted by Crippen LogP contribution is -2.38. The molecular weight excluding hydrogens is 356 g/mol. The van der Waals surface area contributed by atoms with Gasteiger partial charge in [0.25, 0.3) is 5.91 Å². The summed E-state index contributed by atoms with van der Waals surface area (Å²) in [5.74, 6) is 1.84. The first-order valence-electron chi connectivity index (χ1n) is 9.87. The van der Waals surface area contributed by atoms with Gasteiger partial charge >= 0.3 is 0 Å². The van der Waals surface area contributed by atoms with Gasteiger partial charge in [0.15, 0.2) is 5.82 Å². The van der Waals surface area contributed by atoms with E-state index in [1.165, 1.54) is 0 Å². The van der Waals surface area contributed by atoms with Crippen LogP contribution in [0.15, 0.2) is 24.3 Å². The number of aryl methyl sites for hydroxylation is 1. The molecule has 8 nitrogen and oxygen atoms in total. The van der Waals surface area contributed by atoms with Gasteiger partial charge in [-0.3, -0.25) is 4.79 Å². The third kappa shape index (κ3) is 4.22. The standard InChI is InChI=1S/C20H26N6O2/c1-15-6-2-3-7-16(15)18(27)21-14-17-22-19(25-8-4-5-9-25)24-20(23-17)26-10-12-28-13-11-26/h2-3,6-7H,4-5,8-14H2,1H3,(H,21,27). The number of hydrogen-bond acceptors (Lipinski definition) is 7. The molecule has 1 aromatic heterocycles.